The molecule has 0 spiro atoms. The summed E-state index contributed by atoms with van der Waals surface area (Å²) in [5.74, 6) is -1.96. The van der Waals surface area contributed by atoms with Crippen molar-refractivity contribution in [3.63, 3.8) is 0 Å². The highest BCUT2D eigenvalue weighted by Crippen LogP contribution is 2.42. The number of hydrogen-bond acceptors (Lipinski definition) is 5. The van der Waals surface area contributed by atoms with Gasteiger partial charge in [-0.1, -0.05) is 0 Å². The number of benzene rings is 1. The lowest BCUT2D eigenvalue weighted by atomic mass is 10.1. The number of nitrogens with zero attached hydrogens (tertiary/aromatic N) is 1. The van der Waals surface area contributed by atoms with Crippen LogP contribution < -0.4 is 5.73 Å². The van der Waals surface area contributed by atoms with Gasteiger partial charge in [-0.2, -0.15) is 0 Å². The standard InChI is InChI=1S/C9H12N2O4/c1-4(10)11-3-5-6(12)2-7(13)9(15)8(5)14/h2,12-15H,3H2,1H3,(H2,10,11). The van der Waals surface area contributed by atoms with Crippen molar-refractivity contribution < 1.29 is 20.4 Å². The predicted octanol–water partition coefficient (Wildman–Crippen LogP) is 0.386. The van der Waals surface area contributed by atoms with Gasteiger partial charge < -0.3 is 26.2 Å². The van der Waals surface area contributed by atoms with Crippen molar-refractivity contribution in [2.75, 3.05) is 0 Å². The summed E-state index contributed by atoms with van der Waals surface area (Å²) in [6.45, 7) is 1.47. The van der Waals surface area contributed by atoms with Crippen LogP contribution in [0.1, 0.15) is 12.5 Å². The number of nitrogens with two attached hydrogens (primary N) is 1. The zero-order valence-corrected chi connectivity index (χ0v) is 8.10. The zero-order chi connectivity index (χ0) is 11.6. The molecule has 0 atom stereocenters. The van der Waals surface area contributed by atoms with Gasteiger partial charge in [0.1, 0.15) is 5.75 Å². The lowest BCUT2D eigenvalue weighted by molar-refractivity contribution is 0.356. The average molecular weight is 212 g/mol. The number of amidine groups is 1. The van der Waals surface area contributed by atoms with Crippen LogP contribution in [0.4, 0.5) is 0 Å². The highest BCUT2D eigenvalue weighted by atomic mass is 16.3. The third-order valence-electron chi connectivity index (χ3n) is 1.82. The largest absolute Gasteiger partial charge is 0.507 e. The molecule has 0 fully saturated rings. The smallest absolute Gasteiger partial charge is 0.200 e. The van der Waals surface area contributed by atoms with Gasteiger partial charge in [-0.3, -0.25) is 4.99 Å². The Kier molecular flexibility index (Phi) is 2.89. The molecule has 6 nitrogen and oxygen atoms in total. The molecular formula is C9H12N2O4. The van der Waals surface area contributed by atoms with E-state index in [1.54, 1.807) is 6.92 Å². The number of aliphatic imine (C=N–C) groups is 1. The molecule has 0 saturated heterocycles. The first kappa shape index (κ1) is 11.0. The molecule has 0 aliphatic heterocycles. The van der Waals surface area contributed by atoms with Crippen LogP contribution in [-0.2, 0) is 6.54 Å². The Morgan fingerprint density at radius 1 is 1.20 bits per heavy atom. The molecule has 1 rings (SSSR count). The van der Waals surface area contributed by atoms with Gasteiger partial charge in [0.25, 0.3) is 0 Å². The van der Waals surface area contributed by atoms with E-state index in [-0.39, 0.29) is 23.7 Å². The van der Waals surface area contributed by atoms with Gasteiger partial charge in [-0.25, -0.2) is 0 Å². The van der Waals surface area contributed by atoms with Crippen LogP contribution >= 0.6 is 0 Å². The maximum absolute atomic E-state index is 9.39. The SMILES string of the molecule is CC(N)=NCc1c(O)cc(O)c(O)c1O. The van der Waals surface area contributed by atoms with E-state index in [2.05, 4.69) is 4.99 Å². The maximum Gasteiger partial charge on any atom is 0.200 e. The van der Waals surface area contributed by atoms with Crippen LogP contribution in [0.15, 0.2) is 11.1 Å². The molecule has 0 unspecified atom stereocenters. The predicted molar refractivity (Wildman–Crippen MR) is 54.1 cm³/mol. The topological polar surface area (TPSA) is 119 Å². The highest BCUT2D eigenvalue weighted by molar-refractivity contribution is 5.77. The van der Waals surface area contributed by atoms with Gasteiger partial charge in [-0.05, 0) is 6.92 Å². The van der Waals surface area contributed by atoms with E-state index in [9.17, 15) is 15.3 Å². The number of phenolic OH excluding ortho intramolecular Hbond substituents is 4. The molecule has 0 aliphatic rings. The van der Waals surface area contributed by atoms with Gasteiger partial charge in [0.05, 0.1) is 17.9 Å². The lowest BCUT2D eigenvalue weighted by Gasteiger charge is -2.08. The summed E-state index contributed by atoms with van der Waals surface area (Å²) in [4.78, 5) is 3.77. The zero-order valence-electron chi connectivity index (χ0n) is 8.10. The minimum Gasteiger partial charge on any atom is -0.507 e. The van der Waals surface area contributed by atoms with Crippen LogP contribution in [0, 0.1) is 0 Å². The van der Waals surface area contributed by atoms with E-state index in [4.69, 9.17) is 10.8 Å². The maximum atomic E-state index is 9.39. The van der Waals surface area contributed by atoms with E-state index >= 15 is 0 Å². The summed E-state index contributed by atoms with van der Waals surface area (Å²) in [6, 6.07) is 0.922. The molecule has 0 bridgehead atoms. The third-order valence-corrected chi connectivity index (χ3v) is 1.82. The third kappa shape index (κ3) is 2.22. The van der Waals surface area contributed by atoms with E-state index in [0.29, 0.717) is 0 Å². The Morgan fingerprint density at radius 3 is 2.33 bits per heavy atom. The summed E-state index contributed by atoms with van der Waals surface area (Å²) >= 11 is 0. The van der Waals surface area contributed by atoms with E-state index in [1.165, 1.54) is 0 Å². The Labute approximate surface area is 85.9 Å². The Hall–Kier alpha value is -2.11. The van der Waals surface area contributed by atoms with E-state index in [0.717, 1.165) is 6.07 Å². The summed E-state index contributed by atoms with van der Waals surface area (Å²) in [5, 5.41) is 37.0. The van der Waals surface area contributed by atoms with Gasteiger partial charge in [-0.15, -0.1) is 0 Å². The second kappa shape index (κ2) is 3.95. The number of phenols is 4. The summed E-state index contributed by atoms with van der Waals surface area (Å²) in [7, 11) is 0. The number of aromatic hydroxyl groups is 4. The molecule has 0 heterocycles. The van der Waals surface area contributed by atoms with Crippen molar-refractivity contribution in [1.82, 2.24) is 0 Å². The molecule has 6 N–H and O–H groups in total. The minimum absolute atomic E-state index is 0.00935. The monoisotopic (exact) mass is 212 g/mol. The van der Waals surface area contributed by atoms with Crippen molar-refractivity contribution in [3.8, 4) is 23.0 Å². The fourth-order valence-corrected chi connectivity index (χ4v) is 1.03. The number of hydrogen-bond donors (Lipinski definition) is 5. The first-order valence-electron chi connectivity index (χ1n) is 4.15. The molecule has 0 radical (unpaired) electrons. The Bertz CT molecular complexity index is 411. The Balaban J connectivity index is 3.18. The summed E-state index contributed by atoms with van der Waals surface area (Å²) in [5.41, 5.74) is 5.29. The van der Waals surface area contributed by atoms with Crippen molar-refractivity contribution in [3.05, 3.63) is 11.6 Å². The fraction of sp³-hybridized carbons (Fsp3) is 0.222. The molecule has 6 heteroatoms. The summed E-state index contributed by atoms with van der Waals surface area (Å²) in [6.07, 6.45) is 0. The molecule has 0 amide bonds. The van der Waals surface area contributed by atoms with Crippen LogP contribution in [0.2, 0.25) is 0 Å². The van der Waals surface area contributed by atoms with Crippen molar-refractivity contribution in [2.45, 2.75) is 13.5 Å². The van der Waals surface area contributed by atoms with Gasteiger partial charge in [0.15, 0.2) is 11.5 Å². The summed E-state index contributed by atoms with van der Waals surface area (Å²) < 4.78 is 0. The number of rotatable bonds is 2. The van der Waals surface area contributed by atoms with Crippen molar-refractivity contribution >= 4 is 5.84 Å². The molecule has 1 aromatic rings. The fourth-order valence-electron chi connectivity index (χ4n) is 1.03. The second-order valence-electron chi connectivity index (χ2n) is 3.05. The van der Waals surface area contributed by atoms with Crippen LogP contribution in [0.3, 0.4) is 0 Å². The van der Waals surface area contributed by atoms with E-state index < -0.39 is 17.2 Å². The quantitative estimate of drug-likeness (QED) is 0.210. The normalized spacial score (nSPS) is 11.7. The molecule has 15 heavy (non-hydrogen) atoms. The molecule has 0 aliphatic carbocycles. The average Bonchev–Trinajstić information content (AvgIpc) is 2.14. The van der Waals surface area contributed by atoms with Crippen LogP contribution in [-0.4, -0.2) is 26.3 Å². The second-order valence-corrected chi connectivity index (χ2v) is 3.05. The highest BCUT2D eigenvalue weighted by Gasteiger charge is 2.15. The first-order chi connectivity index (χ1) is 6.93. The lowest BCUT2D eigenvalue weighted by Crippen LogP contribution is -2.05. The van der Waals surface area contributed by atoms with Gasteiger partial charge in [0, 0.05) is 6.07 Å². The van der Waals surface area contributed by atoms with Gasteiger partial charge >= 0.3 is 0 Å². The molecular weight excluding hydrogens is 200 g/mol. The minimum atomic E-state index is -0.687. The van der Waals surface area contributed by atoms with E-state index in [1.807, 2.05) is 0 Å². The van der Waals surface area contributed by atoms with Crippen molar-refractivity contribution in [2.24, 2.45) is 10.7 Å². The molecule has 1 aromatic carbocycles. The van der Waals surface area contributed by atoms with Crippen LogP contribution in [0.25, 0.3) is 0 Å². The van der Waals surface area contributed by atoms with Crippen molar-refractivity contribution in [1.29, 1.82) is 0 Å². The Morgan fingerprint density at radius 2 is 1.80 bits per heavy atom. The molecule has 82 valence electrons. The van der Waals surface area contributed by atoms with Gasteiger partial charge in [0.2, 0.25) is 5.75 Å². The first-order valence-corrected chi connectivity index (χ1v) is 4.15. The molecule has 0 aromatic heterocycles. The van der Waals surface area contributed by atoms with Crippen LogP contribution in [0.5, 0.6) is 23.0 Å². The molecule has 0 saturated carbocycles.